The van der Waals surface area contributed by atoms with Crippen molar-refractivity contribution in [3.8, 4) is 6.07 Å². The monoisotopic (exact) mass is 152 g/mol. The fourth-order valence-electron chi connectivity index (χ4n) is 0.487. The first-order chi connectivity index (χ1) is 4.74. The molecule has 50 valence electrons. The predicted molar refractivity (Wildman–Crippen MR) is 36.8 cm³/mol. The van der Waals surface area contributed by atoms with E-state index in [1.807, 2.05) is 6.07 Å². The molecule has 3 nitrogen and oxygen atoms in total. The van der Waals surface area contributed by atoms with Crippen LogP contribution in [-0.2, 0) is 0 Å². The van der Waals surface area contributed by atoms with Crippen molar-refractivity contribution in [1.29, 1.82) is 5.26 Å². The van der Waals surface area contributed by atoms with Gasteiger partial charge in [-0.2, -0.15) is 5.26 Å². The molecule has 0 aliphatic heterocycles. The number of thiazole rings is 1. The van der Waals surface area contributed by atoms with E-state index >= 15 is 0 Å². The van der Waals surface area contributed by atoms with Crippen molar-refractivity contribution in [3.05, 3.63) is 16.1 Å². The summed E-state index contributed by atoms with van der Waals surface area (Å²) in [6.07, 6.45) is 0. The molecule has 0 aliphatic rings. The van der Waals surface area contributed by atoms with Crippen molar-refractivity contribution in [2.75, 3.05) is 0 Å². The first-order valence-electron chi connectivity index (χ1n) is 2.60. The SMILES string of the molecule is CC(=O)c1csc(C#N)n1. The van der Waals surface area contributed by atoms with Crippen LogP contribution in [-0.4, -0.2) is 10.8 Å². The fraction of sp³-hybridized carbons (Fsp3) is 0.167. The highest BCUT2D eigenvalue weighted by Crippen LogP contribution is 2.07. The minimum atomic E-state index is -0.0993. The minimum absolute atomic E-state index is 0.0993. The number of ketones is 1. The van der Waals surface area contributed by atoms with Crippen LogP contribution in [0.3, 0.4) is 0 Å². The van der Waals surface area contributed by atoms with Gasteiger partial charge in [-0.05, 0) is 0 Å². The normalized spacial score (nSPS) is 8.80. The number of hydrogen-bond acceptors (Lipinski definition) is 4. The van der Waals surface area contributed by atoms with Gasteiger partial charge in [-0.25, -0.2) is 4.98 Å². The molecule has 10 heavy (non-hydrogen) atoms. The quantitative estimate of drug-likeness (QED) is 0.568. The van der Waals surface area contributed by atoms with E-state index in [-0.39, 0.29) is 5.78 Å². The molecule has 0 radical (unpaired) electrons. The largest absolute Gasteiger partial charge is 0.293 e. The van der Waals surface area contributed by atoms with Crippen LogP contribution in [0.4, 0.5) is 0 Å². The summed E-state index contributed by atoms with van der Waals surface area (Å²) in [5, 5.41) is 10.2. The minimum Gasteiger partial charge on any atom is -0.293 e. The van der Waals surface area contributed by atoms with E-state index in [9.17, 15) is 4.79 Å². The average Bonchev–Trinajstić information content (AvgIpc) is 2.34. The Morgan fingerprint density at radius 3 is 2.90 bits per heavy atom. The highest BCUT2D eigenvalue weighted by molar-refractivity contribution is 7.10. The zero-order valence-electron chi connectivity index (χ0n) is 5.29. The molecule has 1 rings (SSSR count). The Morgan fingerprint density at radius 1 is 1.90 bits per heavy atom. The first kappa shape index (κ1) is 6.90. The van der Waals surface area contributed by atoms with Crippen molar-refractivity contribution in [1.82, 2.24) is 4.98 Å². The molecule has 0 saturated heterocycles. The second kappa shape index (κ2) is 2.58. The van der Waals surface area contributed by atoms with Crippen LogP contribution < -0.4 is 0 Å². The Kier molecular flexibility index (Phi) is 1.78. The summed E-state index contributed by atoms with van der Waals surface area (Å²) in [6.45, 7) is 1.43. The summed E-state index contributed by atoms with van der Waals surface area (Å²) in [7, 11) is 0. The number of carbonyl (C=O) groups excluding carboxylic acids is 1. The molecule has 0 fully saturated rings. The number of Topliss-reactive ketones (excluding diaryl/α,β-unsaturated/α-hetero) is 1. The Bertz CT molecular complexity index is 297. The molecule has 0 bridgehead atoms. The van der Waals surface area contributed by atoms with Crippen LogP contribution >= 0.6 is 11.3 Å². The van der Waals surface area contributed by atoms with Gasteiger partial charge in [0.25, 0.3) is 0 Å². The predicted octanol–water partition coefficient (Wildman–Crippen LogP) is 1.22. The summed E-state index contributed by atoms with van der Waals surface area (Å²) in [4.78, 5) is 14.3. The van der Waals surface area contributed by atoms with Gasteiger partial charge in [0, 0.05) is 12.3 Å². The summed E-state index contributed by atoms with van der Waals surface area (Å²) >= 11 is 1.18. The van der Waals surface area contributed by atoms with Crippen molar-refractivity contribution in [2.24, 2.45) is 0 Å². The fourth-order valence-corrected chi connectivity index (χ4v) is 1.13. The Morgan fingerprint density at radius 2 is 2.60 bits per heavy atom. The van der Waals surface area contributed by atoms with Gasteiger partial charge in [-0.1, -0.05) is 0 Å². The highest BCUT2D eigenvalue weighted by atomic mass is 32.1. The van der Waals surface area contributed by atoms with Crippen LogP contribution in [0.15, 0.2) is 5.38 Å². The topological polar surface area (TPSA) is 53.8 Å². The lowest BCUT2D eigenvalue weighted by Crippen LogP contribution is -1.90. The summed E-state index contributed by atoms with van der Waals surface area (Å²) in [5.41, 5.74) is 0.376. The van der Waals surface area contributed by atoms with Gasteiger partial charge in [-0.15, -0.1) is 11.3 Å². The van der Waals surface area contributed by atoms with Gasteiger partial charge in [0.1, 0.15) is 11.8 Å². The molecule has 0 amide bonds. The third-order valence-electron chi connectivity index (χ3n) is 0.961. The molecule has 1 aromatic heterocycles. The van der Waals surface area contributed by atoms with Crippen LogP contribution in [0.1, 0.15) is 22.4 Å². The molecular formula is C6H4N2OS. The number of rotatable bonds is 1. The molecule has 4 heteroatoms. The van der Waals surface area contributed by atoms with Crippen LogP contribution in [0.5, 0.6) is 0 Å². The van der Waals surface area contributed by atoms with Crippen LogP contribution in [0.25, 0.3) is 0 Å². The second-order valence-corrected chi connectivity index (χ2v) is 2.56. The zero-order valence-corrected chi connectivity index (χ0v) is 6.10. The molecular weight excluding hydrogens is 148 g/mol. The van der Waals surface area contributed by atoms with Crippen molar-refractivity contribution in [3.63, 3.8) is 0 Å². The maximum absolute atomic E-state index is 10.6. The third kappa shape index (κ3) is 1.20. The van der Waals surface area contributed by atoms with E-state index in [4.69, 9.17) is 5.26 Å². The molecule has 1 heterocycles. The van der Waals surface area contributed by atoms with E-state index in [2.05, 4.69) is 4.98 Å². The van der Waals surface area contributed by atoms with Crippen LogP contribution in [0.2, 0.25) is 0 Å². The van der Waals surface area contributed by atoms with Crippen molar-refractivity contribution < 1.29 is 4.79 Å². The molecule has 0 spiro atoms. The standard InChI is InChI=1S/C6H4N2OS/c1-4(9)5-3-10-6(2-7)8-5/h3H,1H3. The number of nitrogens with zero attached hydrogens (tertiary/aromatic N) is 2. The lowest BCUT2D eigenvalue weighted by Gasteiger charge is -1.79. The summed E-state index contributed by atoms with van der Waals surface area (Å²) < 4.78 is 0. The molecule has 0 atom stereocenters. The highest BCUT2D eigenvalue weighted by Gasteiger charge is 2.03. The Labute approximate surface area is 61.9 Å². The number of aromatic nitrogens is 1. The molecule has 0 unspecified atom stereocenters. The lowest BCUT2D eigenvalue weighted by molar-refractivity contribution is 0.101. The first-order valence-corrected chi connectivity index (χ1v) is 3.48. The van der Waals surface area contributed by atoms with Crippen LogP contribution in [0, 0.1) is 11.3 Å². The van der Waals surface area contributed by atoms with Gasteiger partial charge >= 0.3 is 0 Å². The smallest absolute Gasteiger partial charge is 0.195 e. The molecule has 0 saturated carbocycles. The van der Waals surface area contributed by atoms with Gasteiger partial charge < -0.3 is 0 Å². The lowest BCUT2D eigenvalue weighted by atomic mass is 10.4. The maximum Gasteiger partial charge on any atom is 0.195 e. The van der Waals surface area contributed by atoms with E-state index in [1.165, 1.54) is 18.3 Å². The van der Waals surface area contributed by atoms with Crippen molar-refractivity contribution >= 4 is 17.1 Å². The molecule has 0 N–H and O–H groups in total. The maximum atomic E-state index is 10.6. The van der Waals surface area contributed by atoms with E-state index in [0.717, 1.165) is 0 Å². The summed E-state index contributed by atoms with van der Waals surface area (Å²) in [6, 6.07) is 1.86. The third-order valence-corrected chi connectivity index (χ3v) is 1.71. The van der Waals surface area contributed by atoms with E-state index in [1.54, 1.807) is 5.38 Å². The average molecular weight is 152 g/mol. The van der Waals surface area contributed by atoms with Crippen molar-refractivity contribution in [2.45, 2.75) is 6.92 Å². The number of nitriles is 1. The van der Waals surface area contributed by atoms with E-state index in [0.29, 0.717) is 10.7 Å². The molecule has 0 aliphatic carbocycles. The van der Waals surface area contributed by atoms with Gasteiger partial charge in [0.2, 0.25) is 0 Å². The van der Waals surface area contributed by atoms with Gasteiger partial charge in [0.05, 0.1) is 0 Å². The van der Waals surface area contributed by atoms with E-state index < -0.39 is 0 Å². The Hall–Kier alpha value is -1.21. The van der Waals surface area contributed by atoms with Gasteiger partial charge in [0.15, 0.2) is 10.8 Å². The summed E-state index contributed by atoms with van der Waals surface area (Å²) in [5.74, 6) is -0.0993. The Balaban J connectivity index is 3.02. The molecule has 1 aromatic rings. The molecule has 0 aromatic carbocycles. The zero-order chi connectivity index (χ0) is 7.56. The number of hydrogen-bond donors (Lipinski definition) is 0. The second-order valence-electron chi connectivity index (χ2n) is 1.71. The van der Waals surface area contributed by atoms with Gasteiger partial charge in [-0.3, -0.25) is 4.79 Å². The number of carbonyl (C=O) groups is 1.